The summed E-state index contributed by atoms with van der Waals surface area (Å²) < 4.78 is 0. The van der Waals surface area contributed by atoms with Crippen LogP contribution in [0.25, 0.3) is 0 Å². The van der Waals surface area contributed by atoms with E-state index >= 15 is 0 Å². The number of carboxylic acid groups (broad SMARTS) is 1. The van der Waals surface area contributed by atoms with Crippen LogP contribution in [-0.4, -0.2) is 51.0 Å². The number of hydrogen-bond donors (Lipinski definition) is 2. The third kappa shape index (κ3) is 1.13. The molecule has 0 bridgehead atoms. The highest BCUT2D eigenvalue weighted by Crippen LogP contribution is 2.42. The predicted molar refractivity (Wildman–Crippen MR) is 51.4 cm³/mol. The normalized spacial score (nSPS) is 39.3. The number of aliphatic carboxylic acids is 1. The molecule has 2 fully saturated rings. The van der Waals surface area contributed by atoms with Crippen LogP contribution in [-0.2, 0) is 14.4 Å². The molecule has 6 heteroatoms. The molecule has 2 heterocycles. The van der Waals surface area contributed by atoms with Crippen molar-refractivity contribution in [3.05, 3.63) is 0 Å². The van der Waals surface area contributed by atoms with Crippen LogP contribution in [0, 0.1) is 11.8 Å². The molecule has 0 aromatic heterocycles. The van der Waals surface area contributed by atoms with Gasteiger partial charge in [0, 0.05) is 5.92 Å². The summed E-state index contributed by atoms with van der Waals surface area (Å²) >= 11 is 0. The Morgan fingerprint density at radius 3 is 2.44 bits per heavy atom. The molecule has 0 spiro atoms. The number of aliphatic hydroxyl groups is 1. The van der Waals surface area contributed by atoms with Gasteiger partial charge < -0.3 is 15.1 Å². The maximum Gasteiger partial charge on any atom is 0.334 e. The van der Waals surface area contributed by atoms with Gasteiger partial charge in [-0.15, -0.1) is 0 Å². The summed E-state index contributed by atoms with van der Waals surface area (Å²) in [6.07, 6.45) is -0.850. The first-order chi connectivity index (χ1) is 7.37. The fraction of sp³-hybridized carbons (Fsp3) is 0.700. The molecule has 16 heavy (non-hydrogen) atoms. The zero-order chi connectivity index (χ0) is 12.2. The standard InChI is InChI=1S/C10H13NO5/c1-3-6-5(4(2)12)9(14)11(6)7(8(3)13)10(15)16/h3-7,12H,1-2H3,(H,15,16)/t3-,4-,5-,6-,7-/m1/s1. The predicted octanol–water partition coefficient (Wildman–Crippen LogP) is -1.13. The van der Waals surface area contributed by atoms with Crippen molar-refractivity contribution in [3.63, 3.8) is 0 Å². The molecule has 0 aliphatic carbocycles. The first kappa shape index (κ1) is 11.1. The Kier molecular flexibility index (Phi) is 2.27. The number of amides is 1. The Morgan fingerprint density at radius 1 is 1.44 bits per heavy atom. The minimum atomic E-state index is -1.36. The first-order valence-corrected chi connectivity index (χ1v) is 5.14. The lowest BCUT2D eigenvalue weighted by molar-refractivity contribution is -0.171. The van der Waals surface area contributed by atoms with Gasteiger partial charge in [-0.1, -0.05) is 6.92 Å². The molecule has 0 aromatic rings. The van der Waals surface area contributed by atoms with E-state index in [1.807, 2.05) is 0 Å². The zero-order valence-electron chi connectivity index (χ0n) is 8.95. The van der Waals surface area contributed by atoms with Crippen molar-refractivity contribution in [3.8, 4) is 0 Å². The number of carbonyl (C=O) groups excluding carboxylic acids is 2. The van der Waals surface area contributed by atoms with Gasteiger partial charge in [0.2, 0.25) is 5.91 Å². The van der Waals surface area contributed by atoms with Gasteiger partial charge in [-0.3, -0.25) is 9.59 Å². The van der Waals surface area contributed by atoms with E-state index in [0.29, 0.717) is 0 Å². The van der Waals surface area contributed by atoms with Gasteiger partial charge in [0.05, 0.1) is 18.1 Å². The monoisotopic (exact) mass is 227 g/mol. The number of Topliss-reactive ketones (excluding diaryl/α,β-unsaturated/α-hetero) is 1. The third-order valence-corrected chi connectivity index (χ3v) is 3.49. The van der Waals surface area contributed by atoms with Crippen LogP contribution in [0.4, 0.5) is 0 Å². The Balaban J connectivity index is 2.32. The minimum Gasteiger partial charge on any atom is -0.479 e. The summed E-state index contributed by atoms with van der Waals surface area (Å²) in [5.41, 5.74) is 0. The third-order valence-electron chi connectivity index (χ3n) is 3.49. The van der Waals surface area contributed by atoms with Crippen molar-refractivity contribution < 1.29 is 24.6 Å². The number of carbonyl (C=O) groups is 3. The number of fused-ring (bicyclic) bond motifs is 1. The second-order valence-electron chi connectivity index (χ2n) is 4.43. The van der Waals surface area contributed by atoms with Gasteiger partial charge in [0.1, 0.15) is 0 Å². The number of nitrogens with zero attached hydrogens (tertiary/aromatic N) is 1. The number of ketones is 1. The van der Waals surface area contributed by atoms with Crippen LogP contribution in [0.15, 0.2) is 0 Å². The van der Waals surface area contributed by atoms with E-state index in [1.165, 1.54) is 6.92 Å². The van der Waals surface area contributed by atoms with Crippen molar-refractivity contribution >= 4 is 17.7 Å². The van der Waals surface area contributed by atoms with E-state index < -0.39 is 47.7 Å². The topological polar surface area (TPSA) is 94.9 Å². The molecule has 88 valence electrons. The molecular formula is C10H13NO5. The number of rotatable bonds is 2. The van der Waals surface area contributed by atoms with Gasteiger partial charge in [0.15, 0.2) is 11.8 Å². The van der Waals surface area contributed by atoms with Gasteiger partial charge >= 0.3 is 5.97 Å². The number of carboxylic acids is 1. The van der Waals surface area contributed by atoms with Crippen LogP contribution in [0.2, 0.25) is 0 Å². The molecule has 2 rings (SSSR count). The van der Waals surface area contributed by atoms with Crippen molar-refractivity contribution in [2.45, 2.75) is 32.0 Å². The molecule has 0 aromatic carbocycles. The van der Waals surface area contributed by atoms with Crippen molar-refractivity contribution in [2.24, 2.45) is 11.8 Å². The molecule has 1 amide bonds. The summed E-state index contributed by atoms with van der Waals surface area (Å²) in [6.45, 7) is 3.08. The average molecular weight is 227 g/mol. The fourth-order valence-corrected chi connectivity index (χ4v) is 2.69. The van der Waals surface area contributed by atoms with Gasteiger partial charge in [0.25, 0.3) is 0 Å². The van der Waals surface area contributed by atoms with Crippen LogP contribution in [0.3, 0.4) is 0 Å². The smallest absolute Gasteiger partial charge is 0.334 e. The van der Waals surface area contributed by atoms with E-state index in [4.69, 9.17) is 5.11 Å². The molecule has 6 nitrogen and oxygen atoms in total. The molecule has 0 unspecified atom stereocenters. The van der Waals surface area contributed by atoms with Gasteiger partial charge in [-0.25, -0.2) is 4.79 Å². The lowest BCUT2D eigenvalue weighted by atomic mass is 9.79. The van der Waals surface area contributed by atoms with Crippen LogP contribution in [0.5, 0.6) is 0 Å². The SMILES string of the molecule is C[C@@H](O)[C@H]1C(=O)N2[C@@H](C(=O)O)C(=O)[C@H](C)[C@H]12. The molecule has 0 radical (unpaired) electrons. The lowest BCUT2D eigenvalue weighted by Crippen LogP contribution is -2.65. The number of hydrogen-bond acceptors (Lipinski definition) is 4. The molecular weight excluding hydrogens is 214 g/mol. The van der Waals surface area contributed by atoms with Gasteiger partial charge in [-0.2, -0.15) is 0 Å². The summed E-state index contributed by atoms with van der Waals surface area (Å²) in [6, 6.07) is -1.82. The van der Waals surface area contributed by atoms with E-state index in [9.17, 15) is 19.5 Å². The molecule has 2 aliphatic heterocycles. The van der Waals surface area contributed by atoms with Crippen LogP contribution >= 0.6 is 0 Å². The van der Waals surface area contributed by atoms with Crippen LogP contribution in [0.1, 0.15) is 13.8 Å². The molecule has 5 atom stereocenters. The van der Waals surface area contributed by atoms with Crippen molar-refractivity contribution in [1.82, 2.24) is 4.90 Å². The maximum atomic E-state index is 11.7. The van der Waals surface area contributed by atoms with E-state index in [2.05, 4.69) is 0 Å². The second kappa shape index (κ2) is 3.28. The Hall–Kier alpha value is -1.43. The highest BCUT2D eigenvalue weighted by atomic mass is 16.4. The molecule has 2 aliphatic rings. The summed E-state index contributed by atoms with van der Waals surface area (Å²) in [4.78, 5) is 35.3. The average Bonchev–Trinajstić information content (AvgIpc) is 2.38. The van der Waals surface area contributed by atoms with E-state index in [1.54, 1.807) is 6.92 Å². The zero-order valence-corrected chi connectivity index (χ0v) is 8.95. The Bertz CT molecular complexity index is 377. The summed E-state index contributed by atoms with van der Waals surface area (Å²) in [5, 5.41) is 18.3. The quantitative estimate of drug-likeness (QED) is 0.459. The van der Waals surface area contributed by atoms with E-state index in [0.717, 1.165) is 4.90 Å². The molecule has 2 N–H and O–H groups in total. The first-order valence-electron chi connectivity index (χ1n) is 5.14. The largest absolute Gasteiger partial charge is 0.479 e. The minimum absolute atomic E-state index is 0.440. The van der Waals surface area contributed by atoms with Crippen molar-refractivity contribution in [2.75, 3.05) is 0 Å². The van der Waals surface area contributed by atoms with Crippen molar-refractivity contribution in [1.29, 1.82) is 0 Å². The Labute approximate surface area is 91.8 Å². The highest BCUT2D eigenvalue weighted by molar-refractivity contribution is 6.11. The number of aliphatic hydroxyl groups excluding tert-OH is 1. The molecule has 0 saturated carbocycles. The summed E-state index contributed by atoms with van der Waals surface area (Å²) in [5.74, 6) is -3.34. The summed E-state index contributed by atoms with van der Waals surface area (Å²) in [7, 11) is 0. The Morgan fingerprint density at radius 2 is 2.00 bits per heavy atom. The number of β-lactam (4-membered cyclic amide) rings is 1. The van der Waals surface area contributed by atoms with Crippen LogP contribution < -0.4 is 0 Å². The van der Waals surface area contributed by atoms with E-state index in [-0.39, 0.29) is 0 Å². The lowest BCUT2D eigenvalue weighted by Gasteiger charge is -2.46. The highest BCUT2D eigenvalue weighted by Gasteiger charge is 2.64. The second-order valence-corrected chi connectivity index (χ2v) is 4.43. The van der Waals surface area contributed by atoms with Gasteiger partial charge in [-0.05, 0) is 6.92 Å². The molecule has 2 saturated heterocycles. The maximum absolute atomic E-state index is 11.7. The fourth-order valence-electron chi connectivity index (χ4n) is 2.69.